The zero-order chi connectivity index (χ0) is 10.2. The van der Waals surface area contributed by atoms with Gasteiger partial charge in [0.15, 0.2) is 0 Å². The molecule has 0 aliphatic carbocycles. The Hall–Kier alpha value is -1.64. The Labute approximate surface area is 82.7 Å². The first-order valence-corrected chi connectivity index (χ1v) is 4.35. The van der Waals surface area contributed by atoms with Gasteiger partial charge in [0.2, 0.25) is 0 Å². The summed E-state index contributed by atoms with van der Waals surface area (Å²) in [4.78, 5) is 4.86. The fourth-order valence-electron chi connectivity index (χ4n) is 0.863. The van der Waals surface area contributed by atoms with Crippen molar-refractivity contribution >= 4 is 6.21 Å². The quantitative estimate of drug-likeness (QED) is 0.305. The minimum absolute atomic E-state index is 0.302. The van der Waals surface area contributed by atoms with Crippen LogP contribution < -0.4 is 0 Å². The van der Waals surface area contributed by atoms with Gasteiger partial charge < -0.3 is 4.84 Å². The van der Waals surface area contributed by atoms with Crippen molar-refractivity contribution in [3.63, 3.8) is 0 Å². The van der Waals surface area contributed by atoms with Crippen LogP contribution >= 0.6 is 0 Å². The maximum absolute atomic E-state index is 13.0. The molecule has 14 heavy (non-hydrogen) atoms. The van der Waals surface area contributed by atoms with Gasteiger partial charge in [-0.1, -0.05) is 29.4 Å². The van der Waals surface area contributed by atoms with Gasteiger partial charge in [-0.2, -0.15) is 0 Å². The van der Waals surface area contributed by atoms with Crippen molar-refractivity contribution < 1.29 is 9.23 Å². The SMILES string of the molecule is C=CCCON=Cc1ccccc1F. The maximum Gasteiger partial charge on any atom is 0.132 e. The molecule has 0 fully saturated rings. The number of halogens is 1. The standard InChI is InChI=1S/C11H12FNO/c1-2-3-8-14-13-9-10-6-4-5-7-11(10)12/h2,4-7,9H,1,3,8H2. The lowest BCUT2D eigenvalue weighted by atomic mass is 10.2. The number of benzene rings is 1. The van der Waals surface area contributed by atoms with E-state index in [1.54, 1.807) is 24.3 Å². The second-order valence-corrected chi connectivity index (χ2v) is 2.67. The van der Waals surface area contributed by atoms with Crippen LogP contribution in [0.3, 0.4) is 0 Å². The predicted molar refractivity (Wildman–Crippen MR) is 54.8 cm³/mol. The van der Waals surface area contributed by atoms with E-state index in [2.05, 4.69) is 11.7 Å². The highest BCUT2D eigenvalue weighted by atomic mass is 19.1. The summed E-state index contributed by atoms with van der Waals surface area (Å²) in [6, 6.07) is 6.39. The highest BCUT2D eigenvalue weighted by Crippen LogP contribution is 2.02. The van der Waals surface area contributed by atoms with E-state index in [0.29, 0.717) is 12.2 Å². The molecular formula is C11H12FNO. The summed E-state index contributed by atoms with van der Waals surface area (Å²) in [5.74, 6) is -0.302. The number of nitrogens with zero attached hydrogens (tertiary/aromatic N) is 1. The molecule has 0 atom stereocenters. The Kier molecular flexibility index (Phi) is 4.41. The van der Waals surface area contributed by atoms with E-state index in [9.17, 15) is 4.39 Å². The minimum Gasteiger partial charge on any atom is -0.395 e. The zero-order valence-electron chi connectivity index (χ0n) is 7.82. The van der Waals surface area contributed by atoms with Gasteiger partial charge in [-0.05, 0) is 6.07 Å². The lowest BCUT2D eigenvalue weighted by Crippen LogP contribution is -1.89. The zero-order valence-corrected chi connectivity index (χ0v) is 7.82. The molecule has 0 spiro atoms. The molecular weight excluding hydrogens is 181 g/mol. The normalized spacial score (nSPS) is 10.4. The predicted octanol–water partition coefficient (Wildman–Crippen LogP) is 2.75. The van der Waals surface area contributed by atoms with Crippen molar-refractivity contribution in [3.05, 3.63) is 48.3 Å². The third-order valence-electron chi connectivity index (χ3n) is 1.58. The average Bonchev–Trinajstić information content (AvgIpc) is 2.20. The van der Waals surface area contributed by atoms with Crippen LogP contribution in [0.4, 0.5) is 4.39 Å². The number of hydrogen-bond donors (Lipinski definition) is 0. The van der Waals surface area contributed by atoms with Gasteiger partial charge in [0.05, 0.1) is 6.21 Å². The number of hydrogen-bond acceptors (Lipinski definition) is 2. The molecule has 2 nitrogen and oxygen atoms in total. The van der Waals surface area contributed by atoms with Crippen LogP contribution in [0, 0.1) is 5.82 Å². The van der Waals surface area contributed by atoms with Crippen LogP contribution in [0.2, 0.25) is 0 Å². The molecule has 0 heterocycles. The van der Waals surface area contributed by atoms with Gasteiger partial charge in [-0.15, -0.1) is 6.58 Å². The average molecular weight is 193 g/mol. The molecule has 0 aliphatic rings. The highest BCUT2D eigenvalue weighted by Gasteiger charge is 1.95. The lowest BCUT2D eigenvalue weighted by molar-refractivity contribution is 0.151. The third kappa shape index (κ3) is 3.39. The fraction of sp³-hybridized carbons (Fsp3) is 0.182. The molecule has 0 N–H and O–H groups in total. The molecule has 3 heteroatoms. The summed E-state index contributed by atoms with van der Waals surface area (Å²) in [6.45, 7) is 4.01. The van der Waals surface area contributed by atoms with Crippen molar-refractivity contribution in [1.29, 1.82) is 0 Å². The molecule has 0 unspecified atom stereocenters. The Morgan fingerprint density at radius 2 is 2.21 bits per heavy atom. The maximum atomic E-state index is 13.0. The van der Waals surface area contributed by atoms with Crippen molar-refractivity contribution in [2.24, 2.45) is 5.16 Å². The topological polar surface area (TPSA) is 21.6 Å². The largest absolute Gasteiger partial charge is 0.395 e. The summed E-state index contributed by atoms with van der Waals surface area (Å²) < 4.78 is 13.0. The van der Waals surface area contributed by atoms with Gasteiger partial charge >= 0.3 is 0 Å². The summed E-state index contributed by atoms with van der Waals surface area (Å²) in [6.07, 6.45) is 3.83. The molecule has 1 aromatic carbocycles. The molecule has 0 aromatic heterocycles. The molecule has 0 amide bonds. The smallest absolute Gasteiger partial charge is 0.132 e. The van der Waals surface area contributed by atoms with Crippen LogP contribution in [0.15, 0.2) is 42.1 Å². The Balaban J connectivity index is 2.43. The first-order chi connectivity index (χ1) is 6.84. The lowest BCUT2D eigenvalue weighted by Gasteiger charge is -1.96. The highest BCUT2D eigenvalue weighted by molar-refractivity contribution is 5.79. The van der Waals surface area contributed by atoms with Crippen molar-refractivity contribution in [1.82, 2.24) is 0 Å². The van der Waals surface area contributed by atoms with Crippen molar-refractivity contribution in [3.8, 4) is 0 Å². The van der Waals surface area contributed by atoms with Crippen LogP contribution in [-0.2, 0) is 4.84 Å². The van der Waals surface area contributed by atoms with Crippen molar-refractivity contribution in [2.75, 3.05) is 6.61 Å². The van der Waals surface area contributed by atoms with E-state index in [1.807, 2.05) is 0 Å². The third-order valence-corrected chi connectivity index (χ3v) is 1.58. The molecule has 0 saturated carbocycles. The Morgan fingerprint density at radius 3 is 2.93 bits per heavy atom. The van der Waals surface area contributed by atoms with Crippen molar-refractivity contribution in [2.45, 2.75) is 6.42 Å². The summed E-state index contributed by atoms with van der Waals surface area (Å²) >= 11 is 0. The Bertz CT molecular complexity index is 323. The molecule has 74 valence electrons. The Morgan fingerprint density at radius 1 is 1.43 bits per heavy atom. The molecule has 0 radical (unpaired) electrons. The summed E-state index contributed by atoms with van der Waals surface area (Å²) in [5, 5.41) is 3.63. The van der Waals surface area contributed by atoms with E-state index in [1.165, 1.54) is 12.3 Å². The second kappa shape index (κ2) is 5.91. The van der Waals surface area contributed by atoms with Crippen LogP contribution in [0.1, 0.15) is 12.0 Å². The van der Waals surface area contributed by atoms with E-state index < -0.39 is 0 Å². The molecule has 1 rings (SSSR count). The van der Waals surface area contributed by atoms with Crippen LogP contribution in [-0.4, -0.2) is 12.8 Å². The van der Waals surface area contributed by atoms with E-state index in [-0.39, 0.29) is 5.82 Å². The molecule has 0 aliphatic heterocycles. The van der Waals surface area contributed by atoms with Crippen LogP contribution in [0.25, 0.3) is 0 Å². The molecule has 0 saturated heterocycles. The van der Waals surface area contributed by atoms with Gasteiger partial charge in [0.25, 0.3) is 0 Å². The van der Waals surface area contributed by atoms with Gasteiger partial charge in [0, 0.05) is 12.0 Å². The van der Waals surface area contributed by atoms with Gasteiger partial charge in [-0.25, -0.2) is 4.39 Å². The van der Waals surface area contributed by atoms with E-state index in [4.69, 9.17) is 4.84 Å². The first-order valence-electron chi connectivity index (χ1n) is 4.35. The monoisotopic (exact) mass is 193 g/mol. The molecule has 0 bridgehead atoms. The summed E-state index contributed by atoms with van der Waals surface area (Å²) in [5.41, 5.74) is 0.422. The number of oxime groups is 1. The molecule has 1 aromatic rings. The van der Waals surface area contributed by atoms with Crippen LogP contribution in [0.5, 0.6) is 0 Å². The second-order valence-electron chi connectivity index (χ2n) is 2.67. The fourth-order valence-corrected chi connectivity index (χ4v) is 0.863. The first kappa shape index (κ1) is 10.4. The van der Waals surface area contributed by atoms with Gasteiger partial charge in [0.1, 0.15) is 12.4 Å². The minimum atomic E-state index is -0.302. The number of rotatable bonds is 5. The van der Waals surface area contributed by atoms with E-state index in [0.717, 1.165) is 6.42 Å². The summed E-state index contributed by atoms with van der Waals surface area (Å²) in [7, 11) is 0. The van der Waals surface area contributed by atoms with E-state index >= 15 is 0 Å². The van der Waals surface area contributed by atoms with Gasteiger partial charge in [-0.3, -0.25) is 0 Å².